The molecule has 19 heavy (non-hydrogen) atoms. The van der Waals surface area contributed by atoms with Crippen molar-refractivity contribution in [2.75, 3.05) is 20.2 Å². The predicted molar refractivity (Wildman–Crippen MR) is 72.8 cm³/mol. The quantitative estimate of drug-likeness (QED) is 0.800. The number of carbonyl (C=O) groups excluding carboxylic acids is 1. The number of ether oxygens (including phenoxy) is 2. The summed E-state index contributed by atoms with van der Waals surface area (Å²) in [5.74, 6) is 0. The number of methoxy groups -OCH3 is 1. The van der Waals surface area contributed by atoms with Gasteiger partial charge in [0.2, 0.25) is 0 Å². The average Bonchev–Trinajstić information content (AvgIpc) is 2.27. The Balaban J connectivity index is 2.44. The molecule has 1 aliphatic heterocycles. The number of amides is 1. The van der Waals surface area contributed by atoms with Crippen LogP contribution in [0.1, 0.15) is 40.0 Å². The molecule has 0 bridgehead atoms. The minimum absolute atomic E-state index is 0.304. The monoisotopic (exact) mass is 271 g/mol. The minimum atomic E-state index is -0.743. The Labute approximate surface area is 115 Å². The van der Waals surface area contributed by atoms with Crippen LogP contribution in [0.5, 0.6) is 0 Å². The van der Waals surface area contributed by atoms with Gasteiger partial charge in [0.15, 0.2) is 0 Å². The van der Waals surface area contributed by atoms with E-state index in [2.05, 4.69) is 0 Å². The van der Waals surface area contributed by atoms with Crippen molar-refractivity contribution < 1.29 is 19.4 Å². The number of hydrogen-bond acceptors (Lipinski definition) is 4. The maximum atomic E-state index is 11.9. The number of rotatable bonds is 3. The van der Waals surface area contributed by atoms with E-state index in [0.717, 1.165) is 0 Å². The summed E-state index contributed by atoms with van der Waals surface area (Å²) in [6.45, 7) is 6.58. The fourth-order valence-corrected chi connectivity index (χ4v) is 2.00. The fourth-order valence-electron chi connectivity index (χ4n) is 2.00. The highest BCUT2D eigenvalue weighted by Crippen LogP contribution is 2.27. The zero-order valence-corrected chi connectivity index (χ0v) is 12.3. The van der Waals surface area contributed by atoms with Crippen LogP contribution in [0.3, 0.4) is 0 Å². The SMILES string of the molecule is CO/C=C/CC1(O)CCN(C(=O)OC(C)(C)C)CC1. The number of carbonyl (C=O) groups is 1. The van der Waals surface area contributed by atoms with Crippen LogP contribution in [0.25, 0.3) is 0 Å². The van der Waals surface area contributed by atoms with Crippen molar-refractivity contribution in [1.29, 1.82) is 0 Å². The molecule has 0 aromatic rings. The zero-order chi connectivity index (χ0) is 14.5. The smallest absolute Gasteiger partial charge is 0.410 e. The van der Waals surface area contributed by atoms with Crippen LogP contribution in [0, 0.1) is 0 Å². The Morgan fingerprint density at radius 1 is 1.37 bits per heavy atom. The highest BCUT2D eigenvalue weighted by atomic mass is 16.6. The van der Waals surface area contributed by atoms with Gasteiger partial charge in [-0.1, -0.05) is 0 Å². The van der Waals surface area contributed by atoms with E-state index in [0.29, 0.717) is 32.4 Å². The van der Waals surface area contributed by atoms with Gasteiger partial charge < -0.3 is 19.5 Å². The van der Waals surface area contributed by atoms with Crippen LogP contribution in [0.4, 0.5) is 4.79 Å². The lowest BCUT2D eigenvalue weighted by atomic mass is 9.88. The standard InChI is InChI=1S/C14H25NO4/c1-13(2,3)19-12(16)15-9-7-14(17,8-10-15)6-5-11-18-4/h5,11,17H,6-10H2,1-4H3/b11-5+. The molecule has 110 valence electrons. The number of hydrogen-bond donors (Lipinski definition) is 1. The summed E-state index contributed by atoms with van der Waals surface area (Å²) in [6, 6.07) is 0. The molecule has 0 unspecified atom stereocenters. The molecular weight excluding hydrogens is 246 g/mol. The number of nitrogens with zero attached hydrogens (tertiary/aromatic N) is 1. The lowest BCUT2D eigenvalue weighted by Gasteiger charge is -2.38. The number of piperidine rings is 1. The number of aliphatic hydroxyl groups is 1. The van der Waals surface area contributed by atoms with E-state index >= 15 is 0 Å². The summed E-state index contributed by atoms with van der Waals surface area (Å²) in [5, 5.41) is 10.3. The van der Waals surface area contributed by atoms with Crippen molar-refractivity contribution in [2.45, 2.75) is 51.2 Å². The van der Waals surface area contributed by atoms with E-state index < -0.39 is 11.2 Å². The first-order valence-corrected chi connectivity index (χ1v) is 6.64. The normalized spacial score (nSPS) is 19.5. The van der Waals surface area contributed by atoms with Crippen molar-refractivity contribution in [3.63, 3.8) is 0 Å². The van der Waals surface area contributed by atoms with Gasteiger partial charge in [0, 0.05) is 13.1 Å². The van der Waals surface area contributed by atoms with E-state index in [-0.39, 0.29) is 6.09 Å². The maximum absolute atomic E-state index is 11.9. The first kappa shape index (κ1) is 15.8. The second-order valence-electron chi connectivity index (χ2n) is 6.00. The Kier molecular flexibility index (Phi) is 5.23. The van der Waals surface area contributed by atoms with Crippen molar-refractivity contribution in [3.05, 3.63) is 12.3 Å². The van der Waals surface area contributed by atoms with Crippen LogP contribution in [-0.4, -0.2) is 47.5 Å². The largest absolute Gasteiger partial charge is 0.505 e. The van der Waals surface area contributed by atoms with Crippen molar-refractivity contribution in [2.24, 2.45) is 0 Å². The molecule has 0 atom stereocenters. The van der Waals surface area contributed by atoms with Crippen molar-refractivity contribution in [3.8, 4) is 0 Å². The summed E-state index contributed by atoms with van der Waals surface area (Å²) in [7, 11) is 1.58. The summed E-state index contributed by atoms with van der Waals surface area (Å²) >= 11 is 0. The third kappa shape index (κ3) is 5.51. The third-order valence-electron chi connectivity index (χ3n) is 3.08. The van der Waals surface area contributed by atoms with E-state index in [1.165, 1.54) is 0 Å². The molecule has 0 saturated carbocycles. The predicted octanol–water partition coefficient (Wildman–Crippen LogP) is 2.30. The Morgan fingerprint density at radius 3 is 2.42 bits per heavy atom. The second-order valence-corrected chi connectivity index (χ2v) is 6.00. The summed E-state index contributed by atoms with van der Waals surface area (Å²) in [4.78, 5) is 13.5. The number of likely N-dealkylation sites (tertiary alicyclic amines) is 1. The van der Waals surface area contributed by atoms with Gasteiger partial charge in [-0.05, 0) is 46.1 Å². The maximum Gasteiger partial charge on any atom is 0.410 e. The first-order valence-electron chi connectivity index (χ1n) is 6.64. The Hall–Kier alpha value is -1.23. The van der Waals surface area contributed by atoms with E-state index in [9.17, 15) is 9.90 Å². The van der Waals surface area contributed by atoms with Crippen LogP contribution in [0.2, 0.25) is 0 Å². The molecule has 0 aromatic heterocycles. The molecule has 1 aliphatic rings. The highest BCUT2D eigenvalue weighted by Gasteiger charge is 2.34. The van der Waals surface area contributed by atoms with Gasteiger partial charge in [-0.25, -0.2) is 4.79 Å². The Morgan fingerprint density at radius 2 is 1.95 bits per heavy atom. The molecule has 0 aromatic carbocycles. The van der Waals surface area contributed by atoms with Crippen LogP contribution in [0.15, 0.2) is 12.3 Å². The van der Waals surface area contributed by atoms with Gasteiger partial charge in [0.1, 0.15) is 5.60 Å². The molecule has 5 nitrogen and oxygen atoms in total. The van der Waals surface area contributed by atoms with Gasteiger partial charge in [-0.2, -0.15) is 0 Å². The molecule has 0 spiro atoms. The van der Waals surface area contributed by atoms with Gasteiger partial charge in [0.25, 0.3) is 0 Å². The fraction of sp³-hybridized carbons (Fsp3) is 0.786. The van der Waals surface area contributed by atoms with Crippen LogP contribution in [-0.2, 0) is 9.47 Å². The molecule has 1 rings (SSSR count). The van der Waals surface area contributed by atoms with Gasteiger partial charge in [0.05, 0.1) is 19.0 Å². The molecule has 1 amide bonds. The van der Waals surface area contributed by atoms with E-state index in [1.54, 1.807) is 18.3 Å². The molecule has 0 radical (unpaired) electrons. The van der Waals surface area contributed by atoms with Gasteiger partial charge in [-0.3, -0.25) is 0 Å². The lowest BCUT2D eigenvalue weighted by molar-refractivity contribution is -0.0303. The third-order valence-corrected chi connectivity index (χ3v) is 3.08. The summed E-state index contributed by atoms with van der Waals surface area (Å²) in [5.41, 5.74) is -1.22. The van der Waals surface area contributed by atoms with E-state index in [1.807, 2.05) is 26.8 Å². The zero-order valence-electron chi connectivity index (χ0n) is 12.3. The highest BCUT2D eigenvalue weighted by molar-refractivity contribution is 5.68. The lowest BCUT2D eigenvalue weighted by Crippen LogP contribution is -2.47. The molecule has 1 saturated heterocycles. The molecule has 0 aliphatic carbocycles. The molecule has 1 N–H and O–H groups in total. The van der Waals surface area contributed by atoms with Crippen molar-refractivity contribution >= 4 is 6.09 Å². The van der Waals surface area contributed by atoms with Crippen LogP contribution >= 0.6 is 0 Å². The van der Waals surface area contributed by atoms with Crippen molar-refractivity contribution in [1.82, 2.24) is 4.90 Å². The van der Waals surface area contributed by atoms with Crippen LogP contribution < -0.4 is 0 Å². The topological polar surface area (TPSA) is 59.0 Å². The van der Waals surface area contributed by atoms with E-state index in [4.69, 9.17) is 9.47 Å². The summed E-state index contributed by atoms with van der Waals surface area (Å²) in [6.07, 6.45) is 4.73. The Bertz CT molecular complexity index is 325. The average molecular weight is 271 g/mol. The summed E-state index contributed by atoms with van der Waals surface area (Å²) < 4.78 is 10.1. The molecular formula is C14H25NO4. The first-order chi connectivity index (χ1) is 8.76. The molecule has 5 heteroatoms. The second kappa shape index (κ2) is 6.28. The molecule has 1 heterocycles. The minimum Gasteiger partial charge on any atom is -0.505 e. The molecule has 1 fully saturated rings. The van der Waals surface area contributed by atoms with Gasteiger partial charge >= 0.3 is 6.09 Å². The van der Waals surface area contributed by atoms with Gasteiger partial charge in [-0.15, -0.1) is 0 Å².